The Hall–Kier alpha value is -1.09. The second kappa shape index (κ2) is 6.38. The molecule has 2 heterocycles. The summed E-state index contributed by atoms with van der Waals surface area (Å²) in [6, 6.07) is 2.33. The Balaban J connectivity index is 1.88. The minimum Gasteiger partial charge on any atom is -0.348 e. The van der Waals surface area contributed by atoms with Crippen LogP contribution >= 0.6 is 22.9 Å². The summed E-state index contributed by atoms with van der Waals surface area (Å²) in [4.78, 5) is 14.8. The van der Waals surface area contributed by atoms with Crippen LogP contribution in [0.5, 0.6) is 0 Å². The van der Waals surface area contributed by atoms with E-state index in [1.165, 1.54) is 11.3 Å². The van der Waals surface area contributed by atoms with Crippen molar-refractivity contribution in [3.63, 3.8) is 0 Å². The number of carbonyl (C=O) groups excluding carboxylic acids is 1. The van der Waals surface area contributed by atoms with Crippen LogP contribution < -0.4 is 5.32 Å². The van der Waals surface area contributed by atoms with Crippen molar-refractivity contribution in [3.8, 4) is 6.07 Å². The van der Waals surface area contributed by atoms with Gasteiger partial charge in [-0.05, 0) is 30.7 Å². The van der Waals surface area contributed by atoms with E-state index in [2.05, 4.69) is 16.3 Å². The predicted octanol–water partition coefficient (Wildman–Crippen LogP) is 2.43. The number of hydrogen-bond donors (Lipinski definition) is 1. The molecule has 4 nitrogen and oxygen atoms in total. The number of amides is 1. The van der Waals surface area contributed by atoms with Crippen molar-refractivity contribution < 1.29 is 4.79 Å². The van der Waals surface area contributed by atoms with Gasteiger partial charge in [0.05, 0.1) is 17.6 Å². The van der Waals surface area contributed by atoms with Gasteiger partial charge in [-0.25, -0.2) is 0 Å². The minimum absolute atomic E-state index is 0.0816. The number of piperidine rings is 1. The Bertz CT molecular complexity index is 500. The standard InChI is InChI=1S/C13H16ClN3OS/c1-9-8-19-12(11(9)14)13(18)16-10-2-5-17(6-3-10)7-4-15/h8,10H,2-3,5-7H2,1H3,(H,16,18). The molecule has 0 radical (unpaired) electrons. The first-order valence-electron chi connectivity index (χ1n) is 6.25. The van der Waals surface area contributed by atoms with Gasteiger partial charge in [-0.2, -0.15) is 5.26 Å². The van der Waals surface area contributed by atoms with Gasteiger partial charge in [0.25, 0.3) is 5.91 Å². The first kappa shape index (κ1) is 14.3. The molecule has 1 aliphatic heterocycles. The first-order chi connectivity index (χ1) is 9.11. The highest BCUT2D eigenvalue weighted by molar-refractivity contribution is 7.13. The van der Waals surface area contributed by atoms with Gasteiger partial charge >= 0.3 is 0 Å². The molecule has 0 bridgehead atoms. The van der Waals surface area contributed by atoms with Gasteiger partial charge in [0, 0.05) is 19.1 Å². The van der Waals surface area contributed by atoms with E-state index >= 15 is 0 Å². The van der Waals surface area contributed by atoms with Crippen LogP contribution in [0.2, 0.25) is 5.02 Å². The van der Waals surface area contributed by atoms with E-state index in [-0.39, 0.29) is 11.9 Å². The van der Waals surface area contributed by atoms with Crippen LogP contribution in [0, 0.1) is 18.3 Å². The van der Waals surface area contributed by atoms with Gasteiger partial charge in [-0.15, -0.1) is 11.3 Å². The summed E-state index contributed by atoms with van der Waals surface area (Å²) in [7, 11) is 0. The fourth-order valence-corrected chi connectivity index (χ4v) is 3.35. The van der Waals surface area contributed by atoms with E-state index in [0.29, 0.717) is 16.4 Å². The molecule has 2 rings (SSSR count). The Morgan fingerprint density at radius 3 is 2.84 bits per heavy atom. The summed E-state index contributed by atoms with van der Waals surface area (Å²) >= 11 is 7.48. The maximum absolute atomic E-state index is 12.1. The monoisotopic (exact) mass is 297 g/mol. The fraction of sp³-hybridized carbons (Fsp3) is 0.538. The van der Waals surface area contributed by atoms with E-state index < -0.39 is 0 Å². The molecule has 0 spiro atoms. The molecular weight excluding hydrogens is 282 g/mol. The number of aryl methyl sites for hydroxylation is 1. The molecule has 1 aromatic rings. The fourth-order valence-electron chi connectivity index (χ4n) is 2.17. The molecule has 102 valence electrons. The van der Waals surface area contributed by atoms with E-state index in [4.69, 9.17) is 16.9 Å². The number of carbonyl (C=O) groups is 1. The second-order valence-corrected chi connectivity index (χ2v) is 6.00. The molecular formula is C13H16ClN3OS. The summed E-state index contributed by atoms with van der Waals surface area (Å²) < 4.78 is 0. The lowest BCUT2D eigenvalue weighted by atomic mass is 10.1. The molecule has 1 N–H and O–H groups in total. The SMILES string of the molecule is Cc1csc(C(=O)NC2CCN(CC#N)CC2)c1Cl. The number of hydrogen-bond acceptors (Lipinski definition) is 4. The van der Waals surface area contributed by atoms with Gasteiger partial charge in [-0.3, -0.25) is 9.69 Å². The molecule has 1 aromatic heterocycles. The van der Waals surface area contributed by atoms with E-state index in [1.807, 2.05) is 12.3 Å². The molecule has 0 unspecified atom stereocenters. The Kier molecular flexibility index (Phi) is 4.81. The summed E-state index contributed by atoms with van der Waals surface area (Å²) in [6.45, 7) is 4.08. The lowest BCUT2D eigenvalue weighted by Gasteiger charge is -2.30. The van der Waals surface area contributed by atoms with Crippen LogP contribution in [0.4, 0.5) is 0 Å². The molecule has 19 heavy (non-hydrogen) atoms. The lowest BCUT2D eigenvalue weighted by molar-refractivity contribution is 0.0918. The predicted molar refractivity (Wildman–Crippen MR) is 76.6 cm³/mol. The number of thiophene rings is 1. The van der Waals surface area contributed by atoms with E-state index in [0.717, 1.165) is 31.5 Å². The molecule has 0 saturated carbocycles. The molecule has 1 saturated heterocycles. The van der Waals surface area contributed by atoms with Crippen LogP contribution in [0.1, 0.15) is 28.1 Å². The topological polar surface area (TPSA) is 56.1 Å². The zero-order valence-corrected chi connectivity index (χ0v) is 12.4. The summed E-state index contributed by atoms with van der Waals surface area (Å²) in [5.41, 5.74) is 0.945. The van der Waals surface area contributed by atoms with Crippen LogP contribution in [0.15, 0.2) is 5.38 Å². The summed E-state index contributed by atoms with van der Waals surface area (Å²) in [5.74, 6) is -0.0816. The highest BCUT2D eigenvalue weighted by Gasteiger charge is 2.22. The first-order valence-corrected chi connectivity index (χ1v) is 7.51. The average molecular weight is 298 g/mol. The third-order valence-corrected chi connectivity index (χ3v) is 5.02. The van der Waals surface area contributed by atoms with Crippen molar-refractivity contribution in [3.05, 3.63) is 20.8 Å². The van der Waals surface area contributed by atoms with Gasteiger partial charge < -0.3 is 5.32 Å². The number of halogens is 1. The number of rotatable bonds is 3. The molecule has 1 aliphatic rings. The molecule has 0 aliphatic carbocycles. The maximum atomic E-state index is 12.1. The third kappa shape index (κ3) is 3.47. The number of likely N-dealkylation sites (tertiary alicyclic amines) is 1. The number of nitrogens with zero attached hydrogens (tertiary/aromatic N) is 2. The largest absolute Gasteiger partial charge is 0.348 e. The van der Waals surface area contributed by atoms with Crippen molar-refractivity contribution in [2.24, 2.45) is 0 Å². The molecule has 0 aromatic carbocycles. The summed E-state index contributed by atoms with van der Waals surface area (Å²) in [5, 5.41) is 14.1. The molecule has 0 atom stereocenters. The van der Waals surface area contributed by atoms with Crippen molar-refractivity contribution in [1.29, 1.82) is 5.26 Å². The van der Waals surface area contributed by atoms with Crippen molar-refractivity contribution in [1.82, 2.24) is 10.2 Å². The van der Waals surface area contributed by atoms with Gasteiger partial charge in [0.1, 0.15) is 4.88 Å². The Morgan fingerprint density at radius 1 is 1.63 bits per heavy atom. The van der Waals surface area contributed by atoms with E-state index in [1.54, 1.807) is 0 Å². The molecule has 1 amide bonds. The maximum Gasteiger partial charge on any atom is 0.263 e. The summed E-state index contributed by atoms with van der Waals surface area (Å²) in [6.07, 6.45) is 1.77. The lowest BCUT2D eigenvalue weighted by Crippen LogP contribution is -2.44. The van der Waals surface area contributed by atoms with E-state index in [9.17, 15) is 4.79 Å². The molecule has 6 heteroatoms. The Labute approximate surface area is 122 Å². The second-order valence-electron chi connectivity index (χ2n) is 4.74. The average Bonchev–Trinajstić information content (AvgIpc) is 2.73. The highest BCUT2D eigenvalue weighted by atomic mass is 35.5. The van der Waals surface area contributed by atoms with Gasteiger partial charge in [0.15, 0.2) is 0 Å². The third-order valence-electron chi connectivity index (χ3n) is 3.32. The van der Waals surface area contributed by atoms with Gasteiger partial charge in [-0.1, -0.05) is 11.6 Å². The quantitative estimate of drug-likeness (QED) is 0.872. The van der Waals surface area contributed by atoms with Gasteiger partial charge in [0.2, 0.25) is 0 Å². The number of nitrogens with one attached hydrogen (secondary N) is 1. The Morgan fingerprint density at radius 2 is 2.32 bits per heavy atom. The van der Waals surface area contributed by atoms with Crippen LogP contribution in [-0.2, 0) is 0 Å². The van der Waals surface area contributed by atoms with Crippen molar-refractivity contribution in [2.45, 2.75) is 25.8 Å². The van der Waals surface area contributed by atoms with Crippen LogP contribution in [-0.4, -0.2) is 36.5 Å². The minimum atomic E-state index is -0.0816. The van der Waals surface area contributed by atoms with Crippen LogP contribution in [0.25, 0.3) is 0 Å². The van der Waals surface area contributed by atoms with Crippen molar-refractivity contribution >= 4 is 28.8 Å². The zero-order chi connectivity index (χ0) is 13.8. The zero-order valence-electron chi connectivity index (χ0n) is 10.8. The van der Waals surface area contributed by atoms with Crippen molar-refractivity contribution in [2.75, 3.05) is 19.6 Å². The number of nitriles is 1. The highest BCUT2D eigenvalue weighted by Crippen LogP contribution is 2.27. The smallest absolute Gasteiger partial charge is 0.263 e. The normalized spacial score (nSPS) is 17.1. The molecule has 1 fully saturated rings. The van der Waals surface area contributed by atoms with Crippen LogP contribution in [0.3, 0.4) is 0 Å².